The molecule has 1 fully saturated rings. The first-order valence-corrected chi connectivity index (χ1v) is 9.83. The van der Waals surface area contributed by atoms with Gasteiger partial charge in [0.2, 0.25) is 0 Å². The number of rotatable bonds is 2. The molecule has 1 aromatic heterocycles. The van der Waals surface area contributed by atoms with E-state index in [0.717, 1.165) is 38.8 Å². The van der Waals surface area contributed by atoms with Gasteiger partial charge in [0.25, 0.3) is 5.82 Å². The highest BCUT2D eigenvalue weighted by molar-refractivity contribution is 5.11. The third-order valence-electron chi connectivity index (χ3n) is 5.55. The smallest absolute Gasteiger partial charge is 0.330 e. The molecule has 0 bridgehead atoms. The minimum Gasteiger partial charge on any atom is -0.330 e. The van der Waals surface area contributed by atoms with E-state index in [4.69, 9.17) is 5.73 Å². The molecule has 1 aliphatic carbocycles. The predicted molar refractivity (Wildman–Crippen MR) is 101 cm³/mol. The first-order valence-electron chi connectivity index (χ1n) is 9.83. The lowest BCUT2D eigenvalue weighted by Gasteiger charge is -2.38. The zero-order chi connectivity index (χ0) is 20.1. The van der Waals surface area contributed by atoms with Gasteiger partial charge >= 0.3 is 6.18 Å². The van der Waals surface area contributed by atoms with Crippen LogP contribution in [0.25, 0.3) is 0 Å². The second kappa shape index (κ2) is 9.05. The van der Waals surface area contributed by atoms with Crippen LogP contribution < -0.4 is 5.73 Å². The van der Waals surface area contributed by atoms with Crippen LogP contribution in [0.1, 0.15) is 42.9 Å². The van der Waals surface area contributed by atoms with E-state index in [1.54, 1.807) is 0 Å². The van der Waals surface area contributed by atoms with E-state index in [2.05, 4.69) is 34.0 Å². The van der Waals surface area contributed by atoms with Gasteiger partial charge in [-0.15, -0.1) is 5.10 Å². The van der Waals surface area contributed by atoms with Crippen molar-refractivity contribution in [3.05, 3.63) is 47.5 Å². The van der Waals surface area contributed by atoms with Crippen molar-refractivity contribution in [3.63, 3.8) is 0 Å². The van der Waals surface area contributed by atoms with Crippen LogP contribution in [-0.4, -0.2) is 38.8 Å². The standard InChI is InChI=1S/C13H20F3N5.C7H8/c14-13(15,16)12-18-11-8-20(5-6-21(11)19-12)10-3-1-9(7-17)2-4-10;1-7-5-3-2-4-6-7/h9-10H,1-8,17H2;2-6H,1H3. The summed E-state index contributed by atoms with van der Waals surface area (Å²) >= 11 is 0. The van der Waals surface area contributed by atoms with Crippen LogP contribution in [0.15, 0.2) is 30.3 Å². The van der Waals surface area contributed by atoms with Crippen molar-refractivity contribution in [1.82, 2.24) is 19.7 Å². The Morgan fingerprint density at radius 3 is 2.29 bits per heavy atom. The van der Waals surface area contributed by atoms with Crippen LogP contribution in [0.3, 0.4) is 0 Å². The highest BCUT2D eigenvalue weighted by Crippen LogP contribution is 2.30. The highest BCUT2D eigenvalue weighted by Gasteiger charge is 2.38. The third-order valence-corrected chi connectivity index (χ3v) is 5.55. The SMILES string of the molecule is Cc1ccccc1.NCC1CCC(N2CCn3nc(C(F)(F)F)nc3C2)CC1. The summed E-state index contributed by atoms with van der Waals surface area (Å²) < 4.78 is 39.3. The van der Waals surface area contributed by atoms with Crippen LogP contribution in [-0.2, 0) is 19.3 Å². The fourth-order valence-corrected chi connectivity index (χ4v) is 3.87. The molecular formula is C20H28F3N5. The first kappa shape index (κ1) is 20.8. The maximum absolute atomic E-state index is 12.6. The molecule has 1 aliphatic heterocycles. The van der Waals surface area contributed by atoms with Gasteiger partial charge < -0.3 is 5.73 Å². The van der Waals surface area contributed by atoms with Crippen molar-refractivity contribution in [2.45, 2.75) is 57.9 Å². The molecule has 2 heterocycles. The Morgan fingerprint density at radius 1 is 1.07 bits per heavy atom. The van der Waals surface area contributed by atoms with Crippen LogP contribution in [0.4, 0.5) is 13.2 Å². The number of aromatic nitrogens is 3. The summed E-state index contributed by atoms with van der Waals surface area (Å²) in [4.78, 5) is 5.91. The first-order chi connectivity index (χ1) is 13.4. The van der Waals surface area contributed by atoms with E-state index in [1.165, 1.54) is 10.2 Å². The van der Waals surface area contributed by atoms with E-state index in [0.29, 0.717) is 30.9 Å². The van der Waals surface area contributed by atoms with E-state index < -0.39 is 12.0 Å². The number of benzene rings is 1. The largest absolute Gasteiger partial charge is 0.453 e. The summed E-state index contributed by atoms with van der Waals surface area (Å²) in [6.07, 6.45) is -0.102. The zero-order valence-corrected chi connectivity index (χ0v) is 16.2. The molecule has 0 spiro atoms. The fraction of sp³-hybridized carbons (Fsp3) is 0.600. The number of fused-ring (bicyclic) bond motifs is 1. The molecule has 0 unspecified atom stereocenters. The lowest BCUT2D eigenvalue weighted by atomic mass is 9.85. The third kappa shape index (κ3) is 5.32. The fourth-order valence-electron chi connectivity index (χ4n) is 3.87. The molecule has 5 nitrogen and oxygen atoms in total. The average Bonchev–Trinajstić information content (AvgIpc) is 3.13. The Labute approximate surface area is 163 Å². The Hall–Kier alpha value is -1.93. The van der Waals surface area contributed by atoms with Gasteiger partial charge in [-0.2, -0.15) is 13.2 Å². The van der Waals surface area contributed by atoms with Gasteiger partial charge in [-0.1, -0.05) is 35.9 Å². The van der Waals surface area contributed by atoms with E-state index in [-0.39, 0.29) is 0 Å². The Kier molecular flexibility index (Phi) is 6.72. The number of nitrogens with zero attached hydrogens (tertiary/aromatic N) is 4. The quantitative estimate of drug-likeness (QED) is 0.844. The second-order valence-electron chi connectivity index (χ2n) is 7.61. The molecule has 2 N–H and O–H groups in total. The Balaban J connectivity index is 0.000000271. The summed E-state index contributed by atoms with van der Waals surface area (Å²) in [6, 6.07) is 10.7. The monoisotopic (exact) mass is 395 g/mol. The van der Waals surface area contributed by atoms with E-state index >= 15 is 0 Å². The van der Waals surface area contributed by atoms with Crippen molar-refractivity contribution in [2.24, 2.45) is 11.7 Å². The minimum absolute atomic E-state index is 0.425. The van der Waals surface area contributed by atoms with Crippen molar-refractivity contribution in [2.75, 3.05) is 13.1 Å². The molecule has 4 rings (SSSR count). The summed E-state index contributed by atoms with van der Waals surface area (Å²) in [6.45, 7) is 4.50. The van der Waals surface area contributed by atoms with Gasteiger partial charge in [-0.25, -0.2) is 9.67 Å². The van der Waals surface area contributed by atoms with Crippen molar-refractivity contribution in [1.29, 1.82) is 0 Å². The molecule has 8 heteroatoms. The molecular weight excluding hydrogens is 367 g/mol. The number of aryl methyl sites for hydroxylation is 1. The number of hydrogen-bond acceptors (Lipinski definition) is 4. The minimum atomic E-state index is -4.46. The summed E-state index contributed by atoms with van der Waals surface area (Å²) in [7, 11) is 0. The van der Waals surface area contributed by atoms with Crippen molar-refractivity contribution < 1.29 is 13.2 Å². The Bertz CT molecular complexity index is 736. The van der Waals surface area contributed by atoms with Crippen molar-refractivity contribution in [3.8, 4) is 0 Å². The van der Waals surface area contributed by atoms with Gasteiger partial charge in [-0.05, 0) is 45.1 Å². The molecule has 0 saturated heterocycles. The molecule has 2 aliphatic rings. The number of nitrogens with two attached hydrogens (primary N) is 1. The van der Waals surface area contributed by atoms with Gasteiger partial charge in [-0.3, -0.25) is 4.90 Å². The molecule has 0 radical (unpaired) electrons. The van der Waals surface area contributed by atoms with E-state index in [1.807, 2.05) is 18.2 Å². The van der Waals surface area contributed by atoms with E-state index in [9.17, 15) is 13.2 Å². The van der Waals surface area contributed by atoms with Crippen LogP contribution >= 0.6 is 0 Å². The van der Waals surface area contributed by atoms with Crippen molar-refractivity contribution >= 4 is 0 Å². The zero-order valence-electron chi connectivity index (χ0n) is 16.2. The molecule has 154 valence electrons. The topological polar surface area (TPSA) is 60.0 Å². The number of alkyl halides is 3. The second-order valence-corrected chi connectivity index (χ2v) is 7.61. The summed E-state index contributed by atoms with van der Waals surface area (Å²) in [5.74, 6) is 0.00670. The van der Waals surface area contributed by atoms with Crippen LogP contribution in [0, 0.1) is 12.8 Å². The van der Waals surface area contributed by atoms with Gasteiger partial charge in [0.05, 0.1) is 13.1 Å². The number of hydrogen-bond donors (Lipinski definition) is 1. The number of halogens is 3. The molecule has 0 amide bonds. The maximum atomic E-state index is 12.6. The molecule has 1 saturated carbocycles. The molecule has 2 aromatic rings. The molecule has 1 aromatic carbocycles. The van der Waals surface area contributed by atoms with Gasteiger partial charge in [0.1, 0.15) is 5.82 Å². The summed E-state index contributed by atoms with van der Waals surface area (Å²) in [5.41, 5.74) is 7.01. The van der Waals surface area contributed by atoms with Crippen LogP contribution in [0.2, 0.25) is 0 Å². The maximum Gasteiger partial charge on any atom is 0.453 e. The molecule has 28 heavy (non-hydrogen) atoms. The Morgan fingerprint density at radius 2 is 1.75 bits per heavy atom. The highest BCUT2D eigenvalue weighted by atomic mass is 19.4. The lowest BCUT2D eigenvalue weighted by molar-refractivity contribution is -0.145. The van der Waals surface area contributed by atoms with Crippen LogP contribution in [0.5, 0.6) is 0 Å². The predicted octanol–water partition coefficient (Wildman–Crippen LogP) is 3.63. The molecule has 0 atom stereocenters. The van der Waals surface area contributed by atoms with Gasteiger partial charge in [0.15, 0.2) is 0 Å². The van der Waals surface area contributed by atoms with Gasteiger partial charge in [0, 0.05) is 12.6 Å². The lowest BCUT2D eigenvalue weighted by Crippen LogP contribution is -2.43. The normalized spacial score (nSPS) is 22.9. The summed E-state index contributed by atoms with van der Waals surface area (Å²) in [5, 5.41) is 3.56. The average molecular weight is 395 g/mol.